The van der Waals surface area contributed by atoms with Crippen LogP contribution in [0.15, 0.2) is 0 Å². The van der Waals surface area contributed by atoms with Crippen LogP contribution in [0.3, 0.4) is 0 Å². The van der Waals surface area contributed by atoms with Gasteiger partial charge in [0.25, 0.3) is 0 Å². The molecular weight excluding hydrogens is 208 g/mol. The van der Waals surface area contributed by atoms with Gasteiger partial charge >= 0.3 is 0 Å². The van der Waals surface area contributed by atoms with E-state index in [1.165, 1.54) is 19.3 Å². The van der Waals surface area contributed by atoms with Crippen LogP contribution < -0.4 is 5.73 Å². The van der Waals surface area contributed by atoms with Crippen LogP contribution in [0.2, 0.25) is 0 Å². The van der Waals surface area contributed by atoms with E-state index >= 15 is 0 Å². The van der Waals surface area contributed by atoms with Crippen molar-refractivity contribution in [2.45, 2.75) is 45.1 Å². The van der Waals surface area contributed by atoms with Crippen LogP contribution in [-0.4, -0.2) is 28.9 Å². The van der Waals surface area contributed by atoms with Gasteiger partial charge in [-0.15, -0.1) is 0 Å². The second-order valence-electron chi connectivity index (χ2n) is 4.37. The van der Waals surface area contributed by atoms with E-state index in [9.17, 15) is 4.79 Å². The highest BCUT2D eigenvalue weighted by atomic mass is 32.1. The van der Waals surface area contributed by atoms with E-state index in [1.54, 1.807) is 6.92 Å². The van der Waals surface area contributed by atoms with Gasteiger partial charge in [-0.25, -0.2) is 0 Å². The molecule has 1 atom stereocenters. The number of thiocarbonyl (C=S) groups is 1. The van der Waals surface area contributed by atoms with Gasteiger partial charge in [0.1, 0.15) is 0 Å². The lowest BCUT2D eigenvalue weighted by Crippen LogP contribution is -2.44. The summed E-state index contributed by atoms with van der Waals surface area (Å²) in [7, 11) is 1.87. The van der Waals surface area contributed by atoms with Crippen molar-refractivity contribution in [3.05, 3.63) is 0 Å². The lowest BCUT2D eigenvalue weighted by atomic mass is 9.94. The van der Waals surface area contributed by atoms with Crippen molar-refractivity contribution in [3.63, 3.8) is 0 Å². The number of carbonyl (C=O) groups is 1. The van der Waals surface area contributed by atoms with Gasteiger partial charge in [-0.2, -0.15) is 0 Å². The molecule has 1 rings (SSSR count). The molecule has 1 aliphatic carbocycles. The summed E-state index contributed by atoms with van der Waals surface area (Å²) in [4.78, 5) is 14.1. The molecule has 0 bridgehead atoms. The summed E-state index contributed by atoms with van der Waals surface area (Å²) in [5, 5.41) is 0. The minimum atomic E-state index is -0.327. The molecule has 1 amide bonds. The number of hydrogen-bond donors (Lipinski definition) is 1. The SMILES string of the molecule is CC(C(=O)N(C)C1CCCCC1)C(N)=S. The second kappa shape index (κ2) is 5.45. The molecule has 15 heavy (non-hydrogen) atoms. The molecule has 0 saturated heterocycles. The van der Waals surface area contributed by atoms with Crippen molar-refractivity contribution < 1.29 is 4.79 Å². The van der Waals surface area contributed by atoms with Crippen molar-refractivity contribution in [2.75, 3.05) is 7.05 Å². The predicted molar refractivity (Wildman–Crippen MR) is 65.6 cm³/mol. The van der Waals surface area contributed by atoms with Crippen LogP contribution in [0.4, 0.5) is 0 Å². The summed E-state index contributed by atoms with van der Waals surface area (Å²) in [6, 6.07) is 0.392. The molecule has 0 radical (unpaired) electrons. The van der Waals surface area contributed by atoms with Crippen LogP contribution in [-0.2, 0) is 4.79 Å². The molecule has 1 unspecified atom stereocenters. The van der Waals surface area contributed by atoms with Gasteiger partial charge in [0, 0.05) is 13.1 Å². The van der Waals surface area contributed by atoms with Crippen LogP contribution in [0.1, 0.15) is 39.0 Å². The van der Waals surface area contributed by atoms with Crippen LogP contribution in [0.25, 0.3) is 0 Å². The number of carbonyl (C=O) groups excluding carboxylic acids is 1. The van der Waals surface area contributed by atoms with Crippen molar-refractivity contribution in [1.82, 2.24) is 4.90 Å². The van der Waals surface area contributed by atoms with Gasteiger partial charge in [0.05, 0.1) is 10.9 Å². The first-order valence-corrected chi connectivity index (χ1v) is 6.01. The number of hydrogen-bond acceptors (Lipinski definition) is 2. The fraction of sp³-hybridized carbons (Fsp3) is 0.818. The number of nitrogens with zero attached hydrogens (tertiary/aromatic N) is 1. The Morgan fingerprint density at radius 1 is 1.40 bits per heavy atom. The lowest BCUT2D eigenvalue weighted by Gasteiger charge is -2.32. The maximum Gasteiger partial charge on any atom is 0.232 e. The van der Waals surface area contributed by atoms with E-state index in [0.717, 1.165) is 12.8 Å². The van der Waals surface area contributed by atoms with Crippen LogP contribution in [0.5, 0.6) is 0 Å². The van der Waals surface area contributed by atoms with Gasteiger partial charge in [0.2, 0.25) is 5.91 Å². The summed E-state index contributed by atoms with van der Waals surface area (Å²) >= 11 is 4.85. The third kappa shape index (κ3) is 3.16. The third-order valence-electron chi connectivity index (χ3n) is 3.27. The number of rotatable bonds is 3. The molecule has 0 aliphatic heterocycles. The zero-order chi connectivity index (χ0) is 11.4. The van der Waals surface area contributed by atoms with Gasteiger partial charge < -0.3 is 10.6 Å². The summed E-state index contributed by atoms with van der Waals surface area (Å²) in [5.74, 6) is -0.263. The van der Waals surface area contributed by atoms with Gasteiger partial charge in [-0.05, 0) is 19.8 Å². The zero-order valence-electron chi connectivity index (χ0n) is 9.53. The van der Waals surface area contributed by atoms with Crippen molar-refractivity contribution in [3.8, 4) is 0 Å². The van der Waals surface area contributed by atoms with Gasteiger partial charge in [0.15, 0.2) is 0 Å². The summed E-state index contributed by atoms with van der Waals surface area (Å²) < 4.78 is 0. The molecule has 86 valence electrons. The van der Waals surface area contributed by atoms with E-state index in [2.05, 4.69) is 0 Å². The molecule has 2 N–H and O–H groups in total. The molecule has 0 aromatic carbocycles. The zero-order valence-corrected chi connectivity index (χ0v) is 10.3. The Kier molecular flexibility index (Phi) is 4.51. The minimum absolute atomic E-state index is 0.0643. The van der Waals surface area contributed by atoms with Crippen LogP contribution in [0, 0.1) is 5.92 Å². The first-order valence-electron chi connectivity index (χ1n) is 5.60. The highest BCUT2D eigenvalue weighted by Crippen LogP contribution is 2.22. The quantitative estimate of drug-likeness (QED) is 0.748. The molecule has 0 spiro atoms. The lowest BCUT2D eigenvalue weighted by molar-refractivity contribution is -0.134. The fourth-order valence-electron chi connectivity index (χ4n) is 2.08. The minimum Gasteiger partial charge on any atom is -0.393 e. The smallest absolute Gasteiger partial charge is 0.232 e. The van der Waals surface area contributed by atoms with E-state index in [0.29, 0.717) is 11.0 Å². The molecule has 3 nitrogen and oxygen atoms in total. The maximum absolute atomic E-state index is 11.9. The molecule has 1 saturated carbocycles. The average molecular weight is 228 g/mol. The number of nitrogens with two attached hydrogens (primary N) is 1. The highest BCUT2D eigenvalue weighted by Gasteiger charge is 2.26. The fourth-order valence-corrected chi connectivity index (χ4v) is 2.18. The van der Waals surface area contributed by atoms with Crippen molar-refractivity contribution >= 4 is 23.1 Å². The first kappa shape index (κ1) is 12.4. The molecule has 1 aliphatic rings. The van der Waals surface area contributed by atoms with Gasteiger partial charge in [-0.3, -0.25) is 4.79 Å². The Bertz CT molecular complexity index is 249. The molecule has 0 heterocycles. The van der Waals surface area contributed by atoms with Crippen LogP contribution >= 0.6 is 12.2 Å². The summed E-state index contributed by atoms with van der Waals surface area (Å²) in [5.41, 5.74) is 5.49. The van der Waals surface area contributed by atoms with Crippen molar-refractivity contribution in [2.24, 2.45) is 11.7 Å². The Morgan fingerprint density at radius 3 is 2.40 bits per heavy atom. The predicted octanol–water partition coefficient (Wildman–Crippen LogP) is 1.70. The largest absolute Gasteiger partial charge is 0.393 e. The van der Waals surface area contributed by atoms with E-state index < -0.39 is 0 Å². The molecule has 0 aromatic rings. The summed E-state index contributed by atoms with van der Waals surface area (Å²) in [6.45, 7) is 1.78. The Morgan fingerprint density at radius 2 is 1.93 bits per heavy atom. The summed E-state index contributed by atoms with van der Waals surface area (Å²) in [6.07, 6.45) is 5.98. The number of amides is 1. The first-order chi connectivity index (χ1) is 7.04. The van der Waals surface area contributed by atoms with E-state index in [1.807, 2.05) is 11.9 Å². The van der Waals surface area contributed by atoms with E-state index in [4.69, 9.17) is 18.0 Å². The molecule has 4 heteroatoms. The highest BCUT2D eigenvalue weighted by molar-refractivity contribution is 7.80. The molecular formula is C11H20N2OS. The van der Waals surface area contributed by atoms with Gasteiger partial charge in [-0.1, -0.05) is 31.5 Å². The van der Waals surface area contributed by atoms with Crippen molar-refractivity contribution in [1.29, 1.82) is 0 Å². The Balaban J connectivity index is 2.54. The standard InChI is InChI=1S/C11H20N2OS/c1-8(10(12)15)11(14)13(2)9-6-4-3-5-7-9/h8-9H,3-7H2,1-2H3,(H2,12,15). The topological polar surface area (TPSA) is 46.3 Å². The maximum atomic E-state index is 11.9. The monoisotopic (exact) mass is 228 g/mol. The Labute approximate surface area is 97.0 Å². The molecule has 0 aromatic heterocycles. The second-order valence-corrected chi connectivity index (χ2v) is 4.84. The third-order valence-corrected chi connectivity index (χ3v) is 3.62. The Hall–Kier alpha value is -0.640. The molecule has 1 fully saturated rings. The average Bonchev–Trinajstić information content (AvgIpc) is 2.27. The van der Waals surface area contributed by atoms with E-state index in [-0.39, 0.29) is 11.8 Å². The normalized spacial score (nSPS) is 19.6.